The Hall–Kier alpha value is -0.200. The summed E-state index contributed by atoms with van der Waals surface area (Å²) in [5, 5.41) is 19.8. The average Bonchev–Trinajstić information content (AvgIpc) is 2.47. The fourth-order valence-corrected chi connectivity index (χ4v) is 2.21. The Morgan fingerprint density at radius 3 is 2.78 bits per heavy atom. The maximum Gasteiger partial charge on any atom is 0.0900 e. The molecule has 2 atom stereocenters. The third kappa shape index (κ3) is 6.66. The van der Waals surface area contributed by atoms with Crippen LogP contribution in [0, 0.1) is 0 Å². The minimum atomic E-state index is -0.547. The molecule has 5 heteroatoms. The van der Waals surface area contributed by atoms with Crippen molar-refractivity contribution >= 4 is 0 Å². The Morgan fingerprint density at radius 1 is 1.28 bits per heavy atom. The molecule has 0 amide bonds. The van der Waals surface area contributed by atoms with Crippen LogP contribution < -0.4 is 0 Å². The molecule has 2 unspecified atom stereocenters. The molecular weight excluding hydrogens is 234 g/mol. The Morgan fingerprint density at radius 2 is 2.06 bits per heavy atom. The zero-order valence-corrected chi connectivity index (χ0v) is 11.6. The minimum Gasteiger partial charge on any atom is -0.390 e. The second-order valence-corrected chi connectivity index (χ2v) is 5.37. The van der Waals surface area contributed by atoms with Crippen molar-refractivity contribution in [2.45, 2.75) is 37.9 Å². The summed E-state index contributed by atoms with van der Waals surface area (Å²) in [6.07, 6.45) is 2.11. The number of aliphatic hydroxyl groups is 2. The smallest absolute Gasteiger partial charge is 0.0900 e. The van der Waals surface area contributed by atoms with Crippen LogP contribution in [0.5, 0.6) is 0 Å². The Labute approximate surface area is 110 Å². The predicted octanol–water partition coefficient (Wildman–Crippen LogP) is 0.247. The SMILES string of the molecule is COCCOCC(O)CN1CCCC(C)(O)CC1. The van der Waals surface area contributed by atoms with Crippen LogP contribution in [0.3, 0.4) is 0 Å². The van der Waals surface area contributed by atoms with Crippen LogP contribution in [0.1, 0.15) is 26.2 Å². The van der Waals surface area contributed by atoms with E-state index in [1.807, 2.05) is 6.92 Å². The number of ether oxygens (including phenoxy) is 2. The summed E-state index contributed by atoms with van der Waals surface area (Å²) in [5.74, 6) is 0. The van der Waals surface area contributed by atoms with Gasteiger partial charge in [-0.15, -0.1) is 0 Å². The van der Waals surface area contributed by atoms with Crippen molar-refractivity contribution in [1.82, 2.24) is 4.90 Å². The third-order valence-corrected chi connectivity index (χ3v) is 3.37. The van der Waals surface area contributed by atoms with Crippen LogP contribution in [0.25, 0.3) is 0 Å². The second-order valence-electron chi connectivity index (χ2n) is 5.37. The fourth-order valence-electron chi connectivity index (χ4n) is 2.21. The van der Waals surface area contributed by atoms with Crippen molar-refractivity contribution in [3.05, 3.63) is 0 Å². The van der Waals surface area contributed by atoms with Gasteiger partial charge in [-0.1, -0.05) is 0 Å². The molecule has 5 nitrogen and oxygen atoms in total. The van der Waals surface area contributed by atoms with E-state index in [1.165, 1.54) is 0 Å². The standard InChI is InChI=1S/C13H27NO4/c1-13(16)4-3-6-14(7-5-13)10-12(15)11-18-9-8-17-2/h12,15-16H,3-11H2,1-2H3. The van der Waals surface area contributed by atoms with Gasteiger partial charge in [0.1, 0.15) is 0 Å². The Bertz CT molecular complexity index is 223. The van der Waals surface area contributed by atoms with Crippen molar-refractivity contribution in [2.24, 2.45) is 0 Å². The average molecular weight is 261 g/mol. The molecule has 18 heavy (non-hydrogen) atoms. The lowest BCUT2D eigenvalue weighted by atomic mass is 9.98. The number of nitrogens with zero attached hydrogens (tertiary/aromatic N) is 1. The molecular formula is C13H27NO4. The first-order valence-electron chi connectivity index (χ1n) is 6.73. The molecule has 0 aliphatic carbocycles. The maximum atomic E-state index is 9.98. The monoisotopic (exact) mass is 261 g/mol. The van der Waals surface area contributed by atoms with Gasteiger partial charge in [-0.25, -0.2) is 0 Å². The summed E-state index contributed by atoms with van der Waals surface area (Å²) in [6, 6.07) is 0. The quantitative estimate of drug-likeness (QED) is 0.643. The molecule has 1 saturated heterocycles. The molecule has 1 rings (SSSR count). The van der Waals surface area contributed by atoms with Gasteiger partial charge in [-0.05, 0) is 32.7 Å². The van der Waals surface area contributed by atoms with Crippen LogP contribution >= 0.6 is 0 Å². The van der Waals surface area contributed by atoms with E-state index in [4.69, 9.17) is 9.47 Å². The maximum absolute atomic E-state index is 9.98. The van der Waals surface area contributed by atoms with Gasteiger partial charge in [0.2, 0.25) is 0 Å². The Kier molecular flexibility index (Phi) is 7.11. The highest BCUT2D eigenvalue weighted by atomic mass is 16.5. The molecule has 0 aromatic carbocycles. The van der Waals surface area contributed by atoms with E-state index < -0.39 is 11.7 Å². The summed E-state index contributed by atoms with van der Waals surface area (Å²) < 4.78 is 10.2. The number of hydrogen-bond donors (Lipinski definition) is 2. The number of aliphatic hydroxyl groups excluding tert-OH is 1. The molecule has 1 heterocycles. The third-order valence-electron chi connectivity index (χ3n) is 3.37. The molecule has 2 N–H and O–H groups in total. The largest absolute Gasteiger partial charge is 0.390 e. The summed E-state index contributed by atoms with van der Waals surface area (Å²) in [6.45, 7) is 5.69. The van der Waals surface area contributed by atoms with Crippen LogP contribution in [0.15, 0.2) is 0 Å². The van der Waals surface area contributed by atoms with E-state index in [1.54, 1.807) is 7.11 Å². The molecule has 0 radical (unpaired) electrons. The van der Waals surface area contributed by atoms with Gasteiger partial charge in [0.25, 0.3) is 0 Å². The second kappa shape index (κ2) is 8.07. The van der Waals surface area contributed by atoms with Crippen LogP contribution in [0.4, 0.5) is 0 Å². The van der Waals surface area contributed by atoms with Crippen molar-refractivity contribution in [3.8, 4) is 0 Å². The first-order valence-corrected chi connectivity index (χ1v) is 6.73. The van der Waals surface area contributed by atoms with Gasteiger partial charge in [0.15, 0.2) is 0 Å². The molecule has 0 aromatic rings. The number of methoxy groups -OCH3 is 1. The fraction of sp³-hybridized carbons (Fsp3) is 1.00. The molecule has 108 valence electrons. The highest BCUT2D eigenvalue weighted by Crippen LogP contribution is 2.21. The van der Waals surface area contributed by atoms with Crippen molar-refractivity contribution in [1.29, 1.82) is 0 Å². The van der Waals surface area contributed by atoms with E-state index in [0.29, 0.717) is 26.4 Å². The van der Waals surface area contributed by atoms with Gasteiger partial charge in [0, 0.05) is 20.2 Å². The number of hydrogen-bond acceptors (Lipinski definition) is 5. The lowest BCUT2D eigenvalue weighted by molar-refractivity contribution is -0.00195. The highest BCUT2D eigenvalue weighted by molar-refractivity contribution is 4.79. The van der Waals surface area contributed by atoms with Crippen molar-refractivity contribution in [3.63, 3.8) is 0 Å². The highest BCUT2D eigenvalue weighted by Gasteiger charge is 2.25. The summed E-state index contributed by atoms with van der Waals surface area (Å²) in [5.41, 5.74) is -0.547. The van der Waals surface area contributed by atoms with E-state index >= 15 is 0 Å². The molecule has 0 bridgehead atoms. The molecule has 1 aliphatic heterocycles. The summed E-state index contributed by atoms with van der Waals surface area (Å²) in [7, 11) is 1.63. The van der Waals surface area contributed by atoms with Crippen LogP contribution in [-0.4, -0.2) is 73.4 Å². The first-order chi connectivity index (χ1) is 8.53. The van der Waals surface area contributed by atoms with Gasteiger partial charge in [-0.3, -0.25) is 0 Å². The van der Waals surface area contributed by atoms with Crippen LogP contribution in [-0.2, 0) is 9.47 Å². The molecule has 0 aromatic heterocycles. The topological polar surface area (TPSA) is 62.2 Å². The van der Waals surface area contributed by atoms with Crippen LogP contribution in [0.2, 0.25) is 0 Å². The molecule has 1 fully saturated rings. The number of rotatable bonds is 7. The van der Waals surface area contributed by atoms with E-state index in [2.05, 4.69) is 4.90 Å². The lowest BCUT2D eigenvalue weighted by Crippen LogP contribution is -2.36. The normalized spacial score (nSPS) is 28.0. The first kappa shape index (κ1) is 15.9. The minimum absolute atomic E-state index is 0.344. The van der Waals surface area contributed by atoms with E-state index in [0.717, 1.165) is 32.4 Å². The molecule has 0 spiro atoms. The van der Waals surface area contributed by atoms with Gasteiger partial charge in [0.05, 0.1) is 31.5 Å². The Balaban J connectivity index is 2.17. The van der Waals surface area contributed by atoms with Gasteiger partial charge in [-0.2, -0.15) is 0 Å². The van der Waals surface area contributed by atoms with Crippen molar-refractivity contribution < 1.29 is 19.7 Å². The molecule has 1 aliphatic rings. The van der Waals surface area contributed by atoms with Gasteiger partial charge < -0.3 is 24.6 Å². The molecule has 0 saturated carbocycles. The van der Waals surface area contributed by atoms with Crippen molar-refractivity contribution in [2.75, 3.05) is 46.6 Å². The predicted molar refractivity (Wildman–Crippen MR) is 69.6 cm³/mol. The summed E-state index contributed by atoms with van der Waals surface area (Å²) >= 11 is 0. The van der Waals surface area contributed by atoms with Gasteiger partial charge >= 0.3 is 0 Å². The zero-order valence-electron chi connectivity index (χ0n) is 11.6. The van der Waals surface area contributed by atoms with E-state index in [-0.39, 0.29) is 0 Å². The zero-order chi connectivity index (χ0) is 13.4. The van der Waals surface area contributed by atoms with E-state index in [9.17, 15) is 10.2 Å². The number of β-amino-alcohol motifs (C(OH)–C–C–N with tert-alkyl or cyclic N) is 1. The summed E-state index contributed by atoms with van der Waals surface area (Å²) in [4.78, 5) is 2.20. The lowest BCUT2D eigenvalue weighted by Gasteiger charge is -2.24. The number of likely N-dealkylation sites (tertiary alicyclic amines) is 1.